The van der Waals surface area contributed by atoms with Crippen LogP contribution in [0.25, 0.3) is 10.9 Å². The zero-order chi connectivity index (χ0) is 20.1. The van der Waals surface area contributed by atoms with Crippen LogP contribution in [-0.4, -0.2) is 27.5 Å². The van der Waals surface area contributed by atoms with Crippen molar-refractivity contribution in [1.29, 1.82) is 0 Å². The summed E-state index contributed by atoms with van der Waals surface area (Å²) in [6, 6.07) is 12.6. The van der Waals surface area contributed by atoms with E-state index in [-0.39, 0.29) is 17.2 Å². The second-order valence-electron chi connectivity index (χ2n) is 5.83. The van der Waals surface area contributed by atoms with Crippen molar-refractivity contribution in [1.82, 2.24) is 9.55 Å². The number of benzene rings is 2. The lowest BCUT2D eigenvalue weighted by Gasteiger charge is -2.12. The first-order valence-corrected chi connectivity index (χ1v) is 11.0. The average molecular weight is 432 g/mol. The van der Waals surface area contributed by atoms with Gasteiger partial charge in [-0.25, -0.2) is 4.98 Å². The minimum Gasteiger partial charge on any atom is -0.325 e. The van der Waals surface area contributed by atoms with Gasteiger partial charge < -0.3 is 5.32 Å². The van der Waals surface area contributed by atoms with Crippen molar-refractivity contribution < 1.29 is 4.79 Å². The lowest BCUT2D eigenvalue weighted by molar-refractivity contribution is -0.113. The number of hydrogen-bond acceptors (Lipinski definition) is 5. The minimum atomic E-state index is -0.183. The number of hydrogen-bond donors (Lipinski definition) is 1. The smallest absolute Gasteiger partial charge is 0.262 e. The average Bonchev–Trinajstić information content (AvgIpc) is 2.69. The molecule has 0 spiro atoms. The number of thioether (sulfide) groups is 2. The summed E-state index contributed by atoms with van der Waals surface area (Å²) in [6.45, 7) is 4.01. The standard InChI is InChI=1S/C20H18ClN3O2S2/c1-3-10-24-19(26)16-9-4-13(21)11-17(16)23-20(24)28-12-18(25)22-14-5-7-15(27-2)8-6-14/h3-9,11H,1,10,12H2,2H3,(H,22,25). The molecule has 0 saturated carbocycles. The summed E-state index contributed by atoms with van der Waals surface area (Å²) in [5, 5.41) is 4.29. The molecule has 0 bridgehead atoms. The molecule has 28 heavy (non-hydrogen) atoms. The van der Waals surface area contributed by atoms with E-state index in [9.17, 15) is 9.59 Å². The summed E-state index contributed by atoms with van der Waals surface area (Å²) in [4.78, 5) is 30.7. The number of fused-ring (bicyclic) bond motifs is 1. The van der Waals surface area contributed by atoms with E-state index >= 15 is 0 Å². The molecule has 0 aliphatic carbocycles. The molecule has 8 heteroatoms. The monoisotopic (exact) mass is 431 g/mol. The van der Waals surface area contributed by atoms with Crippen LogP contribution in [0.5, 0.6) is 0 Å². The van der Waals surface area contributed by atoms with Crippen molar-refractivity contribution in [2.45, 2.75) is 16.6 Å². The first-order chi connectivity index (χ1) is 13.5. The number of halogens is 1. The first kappa shape index (κ1) is 20.5. The Bertz CT molecular complexity index is 1080. The maximum absolute atomic E-state index is 12.8. The van der Waals surface area contributed by atoms with Crippen molar-refractivity contribution in [2.24, 2.45) is 0 Å². The highest BCUT2D eigenvalue weighted by Gasteiger charge is 2.13. The topological polar surface area (TPSA) is 64.0 Å². The second-order valence-corrected chi connectivity index (χ2v) is 8.08. The van der Waals surface area contributed by atoms with Gasteiger partial charge in [0.05, 0.1) is 16.7 Å². The molecule has 0 atom stereocenters. The van der Waals surface area contributed by atoms with E-state index in [2.05, 4.69) is 16.9 Å². The Labute approximate surface area is 176 Å². The summed E-state index contributed by atoms with van der Waals surface area (Å²) in [7, 11) is 0. The zero-order valence-electron chi connectivity index (χ0n) is 15.1. The molecule has 3 aromatic rings. The predicted molar refractivity (Wildman–Crippen MR) is 119 cm³/mol. The van der Waals surface area contributed by atoms with E-state index in [1.54, 1.807) is 36.0 Å². The summed E-state index contributed by atoms with van der Waals surface area (Å²) >= 11 is 8.87. The maximum atomic E-state index is 12.8. The SMILES string of the molecule is C=CCn1c(SCC(=O)Nc2ccc(SC)cc2)nc2cc(Cl)ccc2c1=O. The van der Waals surface area contributed by atoms with Gasteiger partial charge in [0.15, 0.2) is 5.16 Å². The second kappa shape index (κ2) is 9.32. The normalized spacial score (nSPS) is 10.8. The number of carbonyl (C=O) groups excluding carboxylic acids is 1. The van der Waals surface area contributed by atoms with Gasteiger partial charge in [-0.3, -0.25) is 14.2 Å². The number of aromatic nitrogens is 2. The number of rotatable bonds is 7. The van der Waals surface area contributed by atoms with Crippen LogP contribution in [0.1, 0.15) is 0 Å². The molecule has 144 valence electrons. The fourth-order valence-electron chi connectivity index (χ4n) is 2.58. The number of carbonyl (C=O) groups is 1. The van der Waals surface area contributed by atoms with Gasteiger partial charge in [0.25, 0.3) is 5.56 Å². The molecule has 0 saturated heterocycles. The number of nitrogens with zero attached hydrogens (tertiary/aromatic N) is 2. The molecule has 1 N–H and O–H groups in total. The third kappa shape index (κ3) is 4.79. The van der Waals surface area contributed by atoms with Gasteiger partial charge in [0, 0.05) is 22.2 Å². The van der Waals surface area contributed by atoms with Gasteiger partial charge in [0.1, 0.15) is 0 Å². The van der Waals surface area contributed by atoms with Crippen molar-refractivity contribution in [2.75, 3.05) is 17.3 Å². The zero-order valence-corrected chi connectivity index (χ0v) is 17.5. The molecule has 0 aliphatic heterocycles. The van der Waals surface area contributed by atoms with Crippen LogP contribution in [0, 0.1) is 0 Å². The molecule has 5 nitrogen and oxygen atoms in total. The quantitative estimate of drug-likeness (QED) is 0.334. The van der Waals surface area contributed by atoms with Crippen molar-refractivity contribution >= 4 is 57.6 Å². The number of nitrogens with one attached hydrogen (secondary N) is 1. The van der Waals surface area contributed by atoms with Gasteiger partial charge in [-0.15, -0.1) is 18.3 Å². The molecular formula is C20H18ClN3O2S2. The fraction of sp³-hybridized carbons (Fsp3) is 0.150. The number of amides is 1. The van der Waals surface area contributed by atoms with E-state index in [1.165, 1.54) is 16.3 Å². The van der Waals surface area contributed by atoms with Crippen LogP contribution in [-0.2, 0) is 11.3 Å². The van der Waals surface area contributed by atoms with Crippen LogP contribution in [0.3, 0.4) is 0 Å². The lowest BCUT2D eigenvalue weighted by Crippen LogP contribution is -2.23. The van der Waals surface area contributed by atoms with Crippen LogP contribution in [0.15, 0.2) is 70.0 Å². The largest absolute Gasteiger partial charge is 0.325 e. The Hall–Kier alpha value is -2.22. The van der Waals surface area contributed by atoms with Gasteiger partial charge in [-0.1, -0.05) is 29.4 Å². The molecular weight excluding hydrogens is 414 g/mol. The maximum Gasteiger partial charge on any atom is 0.262 e. The van der Waals surface area contributed by atoms with Crippen molar-refractivity contribution in [3.05, 3.63) is 70.5 Å². The van der Waals surface area contributed by atoms with E-state index in [0.29, 0.717) is 27.6 Å². The minimum absolute atomic E-state index is 0.125. The van der Waals surface area contributed by atoms with Crippen molar-refractivity contribution in [3.63, 3.8) is 0 Å². The number of anilines is 1. The Morgan fingerprint density at radius 2 is 2.04 bits per heavy atom. The summed E-state index contributed by atoms with van der Waals surface area (Å²) in [5.74, 6) is -0.0487. The molecule has 3 rings (SSSR count). The molecule has 2 aromatic carbocycles. The summed E-state index contributed by atoms with van der Waals surface area (Å²) in [5.41, 5.74) is 1.05. The predicted octanol–water partition coefficient (Wildman–Crippen LogP) is 4.69. The highest BCUT2D eigenvalue weighted by atomic mass is 35.5. The molecule has 1 heterocycles. The Morgan fingerprint density at radius 3 is 2.71 bits per heavy atom. The highest BCUT2D eigenvalue weighted by Crippen LogP contribution is 2.21. The Balaban J connectivity index is 1.80. The van der Waals surface area contributed by atoms with Crippen LogP contribution < -0.4 is 10.9 Å². The Kier molecular flexibility index (Phi) is 6.83. The molecule has 0 fully saturated rings. The third-order valence-corrected chi connectivity index (χ3v) is 5.86. The fourth-order valence-corrected chi connectivity index (χ4v) is 3.96. The van der Waals surface area contributed by atoms with Gasteiger partial charge in [0.2, 0.25) is 5.91 Å². The van der Waals surface area contributed by atoms with Gasteiger partial charge in [-0.2, -0.15) is 0 Å². The van der Waals surface area contributed by atoms with Crippen LogP contribution >= 0.6 is 35.1 Å². The van der Waals surface area contributed by atoms with E-state index in [1.807, 2.05) is 30.5 Å². The molecule has 1 aromatic heterocycles. The lowest BCUT2D eigenvalue weighted by atomic mass is 10.2. The van der Waals surface area contributed by atoms with Crippen LogP contribution in [0.2, 0.25) is 5.02 Å². The molecule has 1 amide bonds. The van der Waals surface area contributed by atoms with Crippen molar-refractivity contribution in [3.8, 4) is 0 Å². The molecule has 0 unspecified atom stereocenters. The van der Waals surface area contributed by atoms with Gasteiger partial charge in [-0.05, 0) is 48.7 Å². The van der Waals surface area contributed by atoms with E-state index < -0.39 is 0 Å². The Morgan fingerprint density at radius 1 is 1.29 bits per heavy atom. The first-order valence-electron chi connectivity index (χ1n) is 8.39. The molecule has 0 radical (unpaired) electrons. The molecule has 0 aliphatic rings. The van der Waals surface area contributed by atoms with E-state index in [4.69, 9.17) is 11.6 Å². The summed E-state index contributed by atoms with van der Waals surface area (Å²) < 4.78 is 1.51. The number of allylic oxidation sites excluding steroid dienone is 1. The third-order valence-electron chi connectivity index (χ3n) is 3.90. The summed E-state index contributed by atoms with van der Waals surface area (Å²) in [6.07, 6.45) is 3.62. The highest BCUT2D eigenvalue weighted by molar-refractivity contribution is 7.99. The van der Waals surface area contributed by atoms with Crippen LogP contribution in [0.4, 0.5) is 5.69 Å². The van der Waals surface area contributed by atoms with E-state index in [0.717, 1.165) is 10.6 Å². The van der Waals surface area contributed by atoms with Gasteiger partial charge >= 0.3 is 0 Å².